The van der Waals surface area contributed by atoms with E-state index in [1.807, 2.05) is 6.07 Å². The van der Waals surface area contributed by atoms with Crippen molar-refractivity contribution in [3.05, 3.63) is 11.6 Å². The van der Waals surface area contributed by atoms with Gasteiger partial charge in [0.25, 0.3) is 0 Å². The van der Waals surface area contributed by atoms with Crippen LogP contribution < -0.4 is 5.53 Å². The van der Waals surface area contributed by atoms with Gasteiger partial charge in [-0.15, -0.1) is 15.3 Å². The van der Waals surface area contributed by atoms with Crippen LogP contribution >= 0.6 is 0 Å². The first-order valence-corrected chi connectivity index (χ1v) is 3.29. The second-order valence-corrected chi connectivity index (χ2v) is 2.07. The van der Waals surface area contributed by atoms with Crippen LogP contribution in [0.15, 0.2) is 42.7 Å². The summed E-state index contributed by atoms with van der Waals surface area (Å²) >= 11 is 0. The van der Waals surface area contributed by atoms with Crippen molar-refractivity contribution in [3.8, 4) is 6.07 Å². The molecule has 0 atom stereocenters. The van der Waals surface area contributed by atoms with Gasteiger partial charge in [-0.2, -0.15) is 10.8 Å². The molecule has 2 rings (SSSR count). The Morgan fingerprint density at radius 3 is 2.77 bits per heavy atom. The minimum absolute atomic E-state index is 0.0941. The molecule has 64 valence electrons. The van der Waals surface area contributed by atoms with Gasteiger partial charge in [0.15, 0.2) is 0 Å². The van der Waals surface area contributed by atoms with Crippen molar-refractivity contribution >= 4 is 0 Å². The Balaban J connectivity index is 2.27. The number of nitrogens with one attached hydrogen (secondary N) is 1. The normalized spacial score (nSPS) is 18.2. The molecule has 1 N–H and O–H groups in total. The topological polar surface area (TPSA) is 113 Å². The Kier molecular flexibility index (Phi) is 1.65. The number of hydrazine groups is 1. The van der Waals surface area contributed by atoms with E-state index < -0.39 is 0 Å². The van der Waals surface area contributed by atoms with E-state index in [2.05, 4.69) is 36.5 Å². The molecule has 0 spiro atoms. The second-order valence-electron chi connectivity index (χ2n) is 2.07. The van der Waals surface area contributed by atoms with Crippen LogP contribution in [0.2, 0.25) is 0 Å². The van der Waals surface area contributed by atoms with Crippen LogP contribution in [-0.4, -0.2) is 11.6 Å². The van der Waals surface area contributed by atoms with E-state index >= 15 is 0 Å². The van der Waals surface area contributed by atoms with Crippen molar-refractivity contribution < 1.29 is 0 Å². The Hall–Kier alpha value is -2.37. The summed E-state index contributed by atoms with van der Waals surface area (Å²) in [5, 5.41) is 30.7. The highest BCUT2D eigenvalue weighted by atomic mass is 15.8. The van der Waals surface area contributed by atoms with Gasteiger partial charge in [0.1, 0.15) is 6.54 Å². The zero-order valence-corrected chi connectivity index (χ0v) is 6.28. The first kappa shape index (κ1) is 7.29. The van der Waals surface area contributed by atoms with Crippen molar-refractivity contribution in [2.75, 3.05) is 6.54 Å². The van der Waals surface area contributed by atoms with E-state index in [9.17, 15) is 0 Å². The summed E-state index contributed by atoms with van der Waals surface area (Å²) in [4.78, 5) is 0. The maximum absolute atomic E-state index is 8.44. The van der Waals surface area contributed by atoms with Gasteiger partial charge in [-0.1, -0.05) is 5.22 Å². The summed E-state index contributed by atoms with van der Waals surface area (Å²) in [5.74, 6) is 0.579. The summed E-state index contributed by atoms with van der Waals surface area (Å²) in [6, 6.07) is 1.93. The van der Waals surface area contributed by atoms with E-state index in [1.54, 1.807) is 0 Å². The van der Waals surface area contributed by atoms with Gasteiger partial charge in [0, 0.05) is 0 Å². The standard InChI is InChI=1S/C4H3N9/c5-1-2-13-4(8-11-12-13)3-6-9-10-7-3/h2H2,(H,8,12). The highest BCUT2D eigenvalue weighted by Crippen LogP contribution is 2.20. The quantitative estimate of drug-likeness (QED) is 0.593. The summed E-state index contributed by atoms with van der Waals surface area (Å²) in [6.45, 7) is 0.0941. The van der Waals surface area contributed by atoms with E-state index in [1.165, 1.54) is 5.01 Å². The highest BCUT2D eigenvalue weighted by molar-refractivity contribution is 5.10. The molecule has 0 aliphatic carbocycles. The van der Waals surface area contributed by atoms with Crippen LogP contribution in [0.1, 0.15) is 0 Å². The molecule has 9 nitrogen and oxygen atoms in total. The van der Waals surface area contributed by atoms with Crippen molar-refractivity contribution in [1.82, 2.24) is 10.5 Å². The third-order valence-corrected chi connectivity index (χ3v) is 1.31. The summed E-state index contributed by atoms with van der Waals surface area (Å²) in [5.41, 5.74) is 2.49. The van der Waals surface area contributed by atoms with Crippen LogP contribution in [-0.2, 0) is 0 Å². The average molecular weight is 177 g/mol. The number of nitriles is 1. The first-order valence-electron chi connectivity index (χ1n) is 3.29. The SMILES string of the molecule is N#CCN1NN=NC1=C1N=NN=N1. The molecular formula is C4H3N9. The third-order valence-electron chi connectivity index (χ3n) is 1.31. The van der Waals surface area contributed by atoms with Crippen LogP contribution in [0.5, 0.6) is 0 Å². The van der Waals surface area contributed by atoms with Gasteiger partial charge in [-0.05, 0) is 10.4 Å². The predicted octanol–water partition coefficient (Wildman–Crippen LogP) is 0.657. The van der Waals surface area contributed by atoms with Crippen molar-refractivity contribution in [2.45, 2.75) is 0 Å². The first-order chi connectivity index (χ1) is 6.42. The van der Waals surface area contributed by atoms with Gasteiger partial charge in [-0.25, -0.2) is 5.01 Å². The van der Waals surface area contributed by atoms with E-state index in [0.29, 0.717) is 5.82 Å². The Bertz CT molecular complexity index is 354. The van der Waals surface area contributed by atoms with Crippen molar-refractivity contribution in [1.29, 1.82) is 5.26 Å². The molecule has 2 aliphatic heterocycles. The molecule has 0 aromatic heterocycles. The Labute approximate surface area is 72.1 Å². The molecule has 0 bridgehead atoms. The molecule has 0 fully saturated rings. The zero-order chi connectivity index (χ0) is 9.10. The van der Waals surface area contributed by atoms with Gasteiger partial charge in [0.05, 0.1) is 6.07 Å². The second kappa shape index (κ2) is 2.94. The van der Waals surface area contributed by atoms with Crippen LogP contribution in [0.3, 0.4) is 0 Å². The van der Waals surface area contributed by atoms with Gasteiger partial charge >= 0.3 is 0 Å². The van der Waals surface area contributed by atoms with Crippen molar-refractivity contribution in [2.24, 2.45) is 31.0 Å². The number of hydrogen-bond acceptors (Lipinski definition) is 9. The van der Waals surface area contributed by atoms with Crippen LogP contribution in [0, 0.1) is 11.3 Å². The lowest BCUT2D eigenvalue weighted by molar-refractivity contribution is 0.311. The fourth-order valence-electron chi connectivity index (χ4n) is 0.806. The molecule has 0 saturated carbocycles. The van der Waals surface area contributed by atoms with E-state index in [0.717, 1.165) is 0 Å². The lowest BCUT2D eigenvalue weighted by atomic mass is 10.6. The largest absolute Gasteiger partial charge is 0.246 e. The molecule has 0 amide bonds. The number of hydrogen-bond donors (Lipinski definition) is 1. The number of rotatable bonds is 1. The monoisotopic (exact) mass is 177 g/mol. The highest BCUT2D eigenvalue weighted by Gasteiger charge is 2.20. The predicted molar refractivity (Wildman–Crippen MR) is 37.0 cm³/mol. The molecule has 0 unspecified atom stereocenters. The maximum atomic E-state index is 8.44. The van der Waals surface area contributed by atoms with Crippen LogP contribution in [0.25, 0.3) is 0 Å². The number of nitrogens with zero attached hydrogens (tertiary/aromatic N) is 8. The lowest BCUT2D eigenvalue weighted by Crippen LogP contribution is -2.29. The smallest absolute Gasteiger partial charge is 0.234 e. The van der Waals surface area contributed by atoms with Gasteiger partial charge in [0.2, 0.25) is 11.6 Å². The molecule has 0 radical (unpaired) electrons. The fraction of sp³-hybridized carbons (Fsp3) is 0.250. The molecular weight excluding hydrogens is 174 g/mol. The van der Waals surface area contributed by atoms with Gasteiger partial charge < -0.3 is 0 Å². The fourth-order valence-corrected chi connectivity index (χ4v) is 0.806. The van der Waals surface area contributed by atoms with Gasteiger partial charge in [-0.3, -0.25) is 0 Å². The van der Waals surface area contributed by atoms with E-state index in [-0.39, 0.29) is 12.4 Å². The van der Waals surface area contributed by atoms with E-state index in [4.69, 9.17) is 5.26 Å². The Morgan fingerprint density at radius 1 is 1.31 bits per heavy atom. The molecule has 13 heavy (non-hydrogen) atoms. The molecule has 0 aromatic carbocycles. The molecule has 9 heteroatoms. The molecule has 0 saturated heterocycles. The summed E-state index contributed by atoms with van der Waals surface area (Å²) in [6.07, 6.45) is 0. The Morgan fingerprint density at radius 2 is 2.08 bits per heavy atom. The minimum atomic E-state index is 0.0941. The van der Waals surface area contributed by atoms with Crippen molar-refractivity contribution in [3.63, 3.8) is 0 Å². The maximum Gasteiger partial charge on any atom is 0.246 e. The summed E-state index contributed by atoms with van der Waals surface area (Å²) in [7, 11) is 0. The average Bonchev–Trinajstić information content (AvgIpc) is 2.71. The van der Waals surface area contributed by atoms with Crippen LogP contribution in [0.4, 0.5) is 0 Å². The lowest BCUT2D eigenvalue weighted by Gasteiger charge is -2.10. The molecule has 0 aromatic rings. The summed E-state index contributed by atoms with van der Waals surface area (Å²) < 4.78 is 0. The zero-order valence-electron chi connectivity index (χ0n) is 6.28. The minimum Gasteiger partial charge on any atom is -0.234 e. The third kappa shape index (κ3) is 1.20. The molecule has 2 heterocycles. The molecule has 2 aliphatic rings.